The first kappa shape index (κ1) is 11.6. The normalized spacial score (nSPS) is 10.6. The molecule has 19 heavy (non-hydrogen) atoms. The van der Waals surface area contributed by atoms with Crippen LogP contribution in [0, 0.1) is 6.92 Å². The summed E-state index contributed by atoms with van der Waals surface area (Å²) in [5.74, 6) is 0.816. The Labute approximate surface area is 111 Å². The summed E-state index contributed by atoms with van der Waals surface area (Å²) < 4.78 is 0. The Balaban J connectivity index is 1.80. The van der Waals surface area contributed by atoms with Crippen molar-refractivity contribution in [1.82, 2.24) is 15.0 Å². The molecular weight excluding hydrogens is 236 g/mol. The second-order valence-corrected chi connectivity index (χ2v) is 4.38. The van der Waals surface area contributed by atoms with Gasteiger partial charge in [-0.2, -0.15) is 0 Å². The van der Waals surface area contributed by atoms with Gasteiger partial charge in [0.25, 0.3) is 0 Å². The predicted molar refractivity (Wildman–Crippen MR) is 75.8 cm³/mol. The number of rotatable bonds is 3. The van der Waals surface area contributed by atoms with Crippen molar-refractivity contribution < 1.29 is 0 Å². The number of benzene rings is 1. The van der Waals surface area contributed by atoms with Crippen LogP contribution < -0.4 is 5.32 Å². The van der Waals surface area contributed by atoms with Gasteiger partial charge in [0.1, 0.15) is 11.3 Å². The molecule has 0 amide bonds. The maximum absolute atomic E-state index is 4.44. The molecule has 0 unspecified atom stereocenters. The zero-order valence-electron chi connectivity index (χ0n) is 10.7. The van der Waals surface area contributed by atoms with E-state index in [1.807, 2.05) is 24.3 Å². The second-order valence-electron chi connectivity index (χ2n) is 4.38. The molecule has 0 fully saturated rings. The minimum atomic E-state index is 0.664. The summed E-state index contributed by atoms with van der Waals surface area (Å²) >= 11 is 0. The van der Waals surface area contributed by atoms with Gasteiger partial charge >= 0.3 is 0 Å². The molecule has 0 atom stereocenters. The fourth-order valence-corrected chi connectivity index (χ4v) is 1.95. The molecule has 0 bridgehead atoms. The number of aryl methyl sites for hydroxylation is 1. The smallest absolute Gasteiger partial charge is 0.180 e. The number of fused-ring (bicyclic) bond motifs is 1. The minimum Gasteiger partial charge on any atom is -0.366 e. The maximum atomic E-state index is 4.44. The largest absolute Gasteiger partial charge is 0.366 e. The standard InChI is InChI=1S/C15H14N4/c1-11-4-2-3-5-12(11)10-18-14-7-6-13-15(19-14)17-9-8-16-13/h2-9H,10H2,1H3,(H,17,18,19). The first-order valence-electron chi connectivity index (χ1n) is 6.19. The summed E-state index contributed by atoms with van der Waals surface area (Å²) in [6.45, 7) is 2.86. The van der Waals surface area contributed by atoms with Gasteiger partial charge in [0.15, 0.2) is 5.65 Å². The molecular formula is C15H14N4. The van der Waals surface area contributed by atoms with Gasteiger partial charge in [-0.15, -0.1) is 0 Å². The van der Waals surface area contributed by atoms with Crippen LogP contribution in [0.5, 0.6) is 0 Å². The molecule has 94 valence electrons. The Kier molecular flexibility index (Phi) is 3.06. The van der Waals surface area contributed by atoms with Gasteiger partial charge in [0.05, 0.1) is 0 Å². The average molecular weight is 250 g/mol. The van der Waals surface area contributed by atoms with E-state index in [9.17, 15) is 0 Å². The lowest BCUT2D eigenvalue weighted by atomic mass is 10.1. The summed E-state index contributed by atoms with van der Waals surface area (Å²) in [5.41, 5.74) is 4.01. The number of hydrogen-bond acceptors (Lipinski definition) is 4. The molecule has 2 aromatic heterocycles. The lowest BCUT2D eigenvalue weighted by Crippen LogP contribution is -2.03. The average Bonchev–Trinajstić information content (AvgIpc) is 2.46. The van der Waals surface area contributed by atoms with E-state index < -0.39 is 0 Å². The van der Waals surface area contributed by atoms with Gasteiger partial charge in [-0.3, -0.25) is 4.98 Å². The zero-order chi connectivity index (χ0) is 13.1. The van der Waals surface area contributed by atoms with Crippen LogP contribution in [0.3, 0.4) is 0 Å². The Bertz CT molecular complexity index is 709. The van der Waals surface area contributed by atoms with Crippen LogP contribution in [-0.4, -0.2) is 15.0 Å². The SMILES string of the molecule is Cc1ccccc1CNc1ccc2nccnc2n1. The summed E-state index contributed by atoms with van der Waals surface area (Å²) in [4.78, 5) is 12.8. The molecule has 4 heteroatoms. The van der Waals surface area contributed by atoms with Crippen LogP contribution in [0.2, 0.25) is 0 Å². The van der Waals surface area contributed by atoms with Crippen molar-refractivity contribution in [2.45, 2.75) is 13.5 Å². The van der Waals surface area contributed by atoms with E-state index in [2.05, 4.69) is 39.3 Å². The van der Waals surface area contributed by atoms with E-state index in [1.54, 1.807) is 12.4 Å². The van der Waals surface area contributed by atoms with Gasteiger partial charge < -0.3 is 5.32 Å². The Hall–Kier alpha value is -2.49. The van der Waals surface area contributed by atoms with Gasteiger partial charge in [0.2, 0.25) is 0 Å². The van der Waals surface area contributed by atoms with Gasteiger partial charge in [0, 0.05) is 18.9 Å². The predicted octanol–water partition coefficient (Wildman–Crippen LogP) is 2.95. The van der Waals surface area contributed by atoms with Crippen molar-refractivity contribution in [2.75, 3.05) is 5.32 Å². The van der Waals surface area contributed by atoms with Crippen LogP contribution in [-0.2, 0) is 6.54 Å². The quantitative estimate of drug-likeness (QED) is 0.776. The van der Waals surface area contributed by atoms with E-state index in [0.29, 0.717) is 5.65 Å². The summed E-state index contributed by atoms with van der Waals surface area (Å²) in [6, 6.07) is 12.2. The first-order chi connectivity index (χ1) is 9.33. The van der Waals surface area contributed by atoms with Crippen LogP contribution in [0.15, 0.2) is 48.8 Å². The second kappa shape index (κ2) is 5.02. The highest BCUT2D eigenvalue weighted by Gasteiger charge is 2.01. The Morgan fingerprint density at radius 1 is 1.00 bits per heavy atom. The van der Waals surface area contributed by atoms with Gasteiger partial charge in [-0.1, -0.05) is 24.3 Å². The first-order valence-corrected chi connectivity index (χ1v) is 6.19. The summed E-state index contributed by atoms with van der Waals surface area (Å²) in [6.07, 6.45) is 3.32. The van der Waals surface area contributed by atoms with Gasteiger partial charge in [-0.25, -0.2) is 9.97 Å². The minimum absolute atomic E-state index is 0.664. The molecule has 0 saturated heterocycles. The number of hydrogen-bond donors (Lipinski definition) is 1. The van der Waals surface area contributed by atoms with E-state index in [1.165, 1.54) is 11.1 Å². The highest BCUT2D eigenvalue weighted by molar-refractivity contribution is 5.71. The molecule has 2 heterocycles. The third-order valence-corrected chi connectivity index (χ3v) is 3.05. The van der Waals surface area contributed by atoms with Crippen molar-refractivity contribution in [3.05, 3.63) is 59.9 Å². The van der Waals surface area contributed by atoms with E-state index in [0.717, 1.165) is 17.9 Å². The number of aromatic nitrogens is 3. The molecule has 4 nitrogen and oxygen atoms in total. The van der Waals surface area contributed by atoms with Crippen LogP contribution >= 0.6 is 0 Å². The Morgan fingerprint density at radius 2 is 1.84 bits per heavy atom. The molecule has 0 aliphatic heterocycles. The molecule has 3 rings (SSSR count). The molecule has 0 aliphatic carbocycles. The molecule has 0 radical (unpaired) electrons. The lowest BCUT2D eigenvalue weighted by molar-refractivity contribution is 1.09. The highest BCUT2D eigenvalue weighted by atomic mass is 15.0. The summed E-state index contributed by atoms with van der Waals surface area (Å²) in [5, 5.41) is 3.32. The van der Waals surface area contributed by atoms with Crippen molar-refractivity contribution in [2.24, 2.45) is 0 Å². The maximum Gasteiger partial charge on any atom is 0.180 e. The van der Waals surface area contributed by atoms with E-state index in [-0.39, 0.29) is 0 Å². The third-order valence-electron chi connectivity index (χ3n) is 3.05. The number of nitrogens with zero attached hydrogens (tertiary/aromatic N) is 3. The highest BCUT2D eigenvalue weighted by Crippen LogP contribution is 2.13. The number of pyridine rings is 1. The number of nitrogens with one attached hydrogen (secondary N) is 1. The van der Waals surface area contributed by atoms with E-state index in [4.69, 9.17) is 0 Å². The van der Waals surface area contributed by atoms with E-state index >= 15 is 0 Å². The Morgan fingerprint density at radius 3 is 2.74 bits per heavy atom. The number of anilines is 1. The van der Waals surface area contributed by atoms with Crippen molar-refractivity contribution in [1.29, 1.82) is 0 Å². The van der Waals surface area contributed by atoms with Crippen LogP contribution in [0.4, 0.5) is 5.82 Å². The van der Waals surface area contributed by atoms with Crippen LogP contribution in [0.25, 0.3) is 11.2 Å². The molecule has 0 saturated carbocycles. The van der Waals surface area contributed by atoms with Gasteiger partial charge in [-0.05, 0) is 30.2 Å². The zero-order valence-corrected chi connectivity index (χ0v) is 10.7. The third kappa shape index (κ3) is 2.52. The fourth-order valence-electron chi connectivity index (χ4n) is 1.95. The molecule has 1 N–H and O–H groups in total. The fraction of sp³-hybridized carbons (Fsp3) is 0.133. The molecule has 1 aromatic carbocycles. The lowest BCUT2D eigenvalue weighted by Gasteiger charge is -2.08. The molecule has 0 spiro atoms. The van der Waals surface area contributed by atoms with Crippen molar-refractivity contribution in [3.63, 3.8) is 0 Å². The van der Waals surface area contributed by atoms with Crippen molar-refractivity contribution in [3.8, 4) is 0 Å². The molecule has 3 aromatic rings. The molecule has 0 aliphatic rings. The van der Waals surface area contributed by atoms with Crippen LogP contribution in [0.1, 0.15) is 11.1 Å². The topological polar surface area (TPSA) is 50.7 Å². The monoisotopic (exact) mass is 250 g/mol. The van der Waals surface area contributed by atoms with Crippen molar-refractivity contribution >= 4 is 17.0 Å². The summed E-state index contributed by atoms with van der Waals surface area (Å²) in [7, 11) is 0.